The van der Waals surface area contributed by atoms with E-state index in [0.717, 1.165) is 5.88 Å². The molecule has 0 bridgehead atoms. The molecule has 0 aromatic carbocycles. The third kappa shape index (κ3) is 2.13. The fourth-order valence-corrected chi connectivity index (χ4v) is 0.720. The average Bonchev–Trinajstić information content (AvgIpc) is 1.89. The summed E-state index contributed by atoms with van der Waals surface area (Å²) in [5.41, 5.74) is 0. The van der Waals surface area contributed by atoms with Crippen molar-refractivity contribution >= 4 is 0 Å². The Morgan fingerprint density at radius 2 is 2.10 bits per heavy atom. The highest BCUT2D eigenvalue weighted by Gasteiger charge is 1.99. The molecule has 2 nitrogen and oxygen atoms in total. The molecule has 0 saturated carbocycles. The van der Waals surface area contributed by atoms with E-state index in [-0.39, 0.29) is 24.0 Å². The molecule has 1 aromatic heterocycles. The summed E-state index contributed by atoms with van der Waals surface area (Å²) in [6.45, 7) is 0. The van der Waals surface area contributed by atoms with Crippen LogP contribution >= 0.6 is 0 Å². The van der Waals surface area contributed by atoms with Crippen LogP contribution in [0.4, 0.5) is 0 Å². The maximum Gasteiger partial charge on any atom is 0.367 e. The highest BCUT2D eigenvalue weighted by Crippen LogP contribution is 1.96. The van der Waals surface area contributed by atoms with Crippen LogP contribution in [0.25, 0.3) is 0 Å². The Balaban J connectivity index is 0.000000810. The summed E-state index contributed by atoms with van der Waals surface area (Å²) in [7, 11) is 3.61. The van der Waals surface area contributed by atoms with E-state index in [2.05, 4.69) is 0 Å². The van der Waals surface area contributed by atoms with Gasteiger partial charge in [0.15, 0.2) is 6.20 Å². The minimum Gasteiger partial charge on any atom is -1.00 e. The van der Waals surface area contributed by atoms with Crippen molar-refractivity contribution in [2.75, 3.05) is 7.11 Å². The minimum atomic E-state index is 0. The second kappa shape index (κ2) is 4.49. The molecule has 0 aliphatic heterocycles. The third-order valence-electron chi connectivity index (χ3n) is 1.22. The molecule has 0 radical (unpaired) electrons. The Morgan fingerprint density at radius 1 is 1.40 bits per heavy atom. The number of halogens is 1. The van der Waals surface area contributed by atoms with E-state index in [9.17, 15) is 0 Å². The maximum absolute atomic E-state index is 5.01. The monoisotopic (exact) mass is 251 g/mol. The quantitative estimate of drug-likeness (QED) is 0.398. The molecular weight excluding hydrogens is 241 g/mol. The molecule has 1 heterocycles. The molecular formula is C7H10INO. The van der Waals surface area contributed by atoms with Crippen LogP contribution in [0.2, 0.25) is 0 Å². The van der Waals surface area contributed by atoms with Crippen molar-refractivity contribution in [1.82, 2.24) is 0 Å². The van der Waals surface area contributed by atoms with Gasteiger partial charge in [-0.3, -0.25) is 0 Å². The summed E-state index contributed by atoms with van der Waals surface area (Å²) in [5, 5.41) is 0. The lowest BCUT2D eigenvalue weighted by Crippen LogP contribution is -3.00. The number of aryl methyl sites for hydroxylation is 1. The molecule has 3 heteroatoms. The van der Waals surface area contributed by atoms with Gasteiger partial charge in [0, 0.05) is 6.07 Å². The van der Waals surface area contributed by atoms with Crippen molar-refractivity contribution in [2.45, 2.75) is 0 Å². The molecule has 10 heavy (non-hydrogen) atoms. The predicted molar refractivity (Wildman–Crippen MR) is 34.2 cm³/mol. The molecule has 0 aliphatic carbocycles. The number of ether oxygens (including phenoxy) is 1. The fraction of sp³-hybridized carbons (Fsp3) is 0.286. The van der Waals surface area contributed by atoms with Crippen LogP contribution in [0.1, 0.15) is 0 Å². The minimum absolute atomic E-state index is 0. The summed E-state index contributed by atoms with van der Waals surface area (Å²) in [4.78, 5) is 0. The van der Waals surface area contributed by atoms with Gasteiger partial charge in [0.1, 0.15) is 7.05 Å². The van der Waals surface area contributed by atoms with Crippen molar-refractivity contribution in [3.8, 4) is 5.88 Å². The third-order valence-corrected chi connectivity index (χ3v) is 1.22. The van der Waals surface area contributed by atoms with E-state index in [1.54, 1.807) is 7.11 Å². The van der Waals surface area contributed by atoms with Crippen LogP contribution in [-0.4, -0.2) is 7.11 Å². The average molecular weight is 251 g/mol. The van der Waals surface area contributed by atoms with Crippen LogP contribution in [0, 0.1) is 0 Å². The Kier molecular flexibility index (Phi) is 4.34. The normalized spacial score (nSPS) is 8.20. The number of hydrogen-bond donors (Lipinski definition) is 0. The summed E-state index contributed by atoms with van der Waals surface area (Å²) >= 11 is 0. The van der Waals surface area contributed by atoms with Crippen LogP contribution < -0.4 is 33.3 Å². The van der Waals surface area contributed by atoms with Crippen LogP contribution in [0.5, 0.6) is 5.88 Å². The van der Waals surface area contributed by atoms with Crippen molar-refractivity contribution in [1.29, 1.82) is 0 Å². The van der Waals surface area contributed by atoms with E-state index >= 15 is 0 Å². The first-order chi connectivity index (χ1) is 4.34. The molecule has 1 rings (SSSR count). The lowest BCUT2D eigenvalue weighted by atomic mass is 10.5. The largest absolute Gasteiger partial charge is 1.00 e. The molecule has 0 spiro atoms. The summed E-state index contributed by atoms with van der Waals surface area (Å²) in [6, 6.07) is 5.82. The Hall–Kier alpha value is -0.320. The van der Waals surface area contributed by atoms with Crippen molar-refractivity contribution in [3.05, 3.63) is 24.4 Å². The summed E-state index contributed by atoms with van der Waals surface area (Å²) < 4.78 is 6.92. The maximum atomic E-state index is 5.01. The van der Waals surface area contributed by atoms with Gasteiger partial charge in [-0.25, -0.2) is 0 Å². The van der Waals surface area contributed by atoms with Crippen molar-refractivity contribution in [3.63, 3.8) is 0 Å². The van der Waals surface area contributed by atoms with Crippen LogP contribution in [-0.2, 0) is 7.05 Å². The molecule has 1 aromatic rings. The topological polar surface area (TPSA) is 13.1 Å². The summed E-state index contributed by atoms with van der Waals surface area (Å²) in [6.07, 6.45) is 1.94. The highest BCUT2D eigenvalue weighted by atomic mass is 127. The smallest absolute Gasteiger partial charge is 0.367 e. The SMILES string of the molecule is COc1cccc[n+]1C.[I-]. The van der Waals surface area contributed by atoms with E-state index < -0.39 is 0 Å². The highest BCUT2D eigenvalue weighted by molar-refractivity contribution is 5.01. The molecule has 0 atom stereocenters. The molecule has 56 valence electrons. The summed E-state index contributed by atoms with van der Waals surface area (Å²) in [5.74, 6) is 0.873. The lowest BCUT2D eigenvalue weighted by Gasteiger charge is -1.93. The zero-order chi connectivity index (χ0) is 6.69. The molecule has 0 amide bonds. The number of aromatic nitrogens is 1. The first-order valence-corrected chi connectivity index (χ1v) is 2.83. The van der Waals surface area contributed by atoms with Gasteiger partial charge in [0.05, 0.1) is 13.2 Å². The van der Waals surface area contributed by atoms with Crippen LogP contribution in [0.3, 0.4) is 0 Å². The van der Waals surface area contributed by atoms with Gasteiger partial charge >= 0.3 is 5.88 Å². The van der Waals surface area contributed by atoms with Crippen molar-refractivity contribution < 1.29 is 33.3 Å². The predicted octanol–water partition coefficient (Wildman–Crippen LogP) is -2.48. The van der Waals surface area contributed by atoms with E-state index in [4.69, 9.17) is 4.74 Å². The molecule has 0 saturated heterocycles. The number of rotatable bonds is 1. The Bertz CT molecular complexity index is 203. The molecule has 0 aliphatic rings. The van der Waals surface area contributed by atoms with Crippen LogP contribution in [0.15, 0.2) is 24.4 Å². The Labute approximate surface area is 77.8 Å². The standard InChI is InChI=1S/C7H10NO.HI/c1-8-6-4-3-5-7(8)9-2;/h3-6H,1-2H3;1H/q+1;/p-1. The number of methoxy groups -OCH3 is 1. The Morgan fingerprint density at radius 3 is 2.50 bits per heavy atom. The number of nitrogens with zero attached hydrogens (tertiary/aromatic N) is 1. The second-order valence-electron chi connectivity index (χ2n) is 1.85. The van der Waals surface area contributed by atoms with Gasteiger partial charge < -0.3 is 28.7 Å². The zero-order valence-electron chi connectivity index (χ0n) is 6.04. The number of hydrogen-bond acceptors (Lipinski definition) is 1. The van der Waals surface area contributed by atoms with E-state index in [0.29, 0.717) is 0 Å². The van der Waals surface area contributed by atoms with Crippen molar-refractivity contribution in [2.24, 2.45) is 7.05 Å². The van der Waals surface area contributed by atoms with Gasteiger partial charge in [-0.2, -0.15) is 4.57 Å². The molecule has 0 unspecified atom stereocenters. The van der Waals surface area contributed by atoms with E-state index in [1.165, 1.54) is 0 Å². The lowest BCUT2D eigenvalue weighted by molar-refractivity contribution is -0.676. The van der Waals surface area contributed by atoms with Gasteiger partial charge in [-0.1, -0.05) is 0 Å². The van der Waals surface area contributed by atoms with Gasteiger partial charge in [-0.05, 0) is 6.07 Å². The van der Waals surface area contributed by atoms with Gasteiger partial charge in [-0.15, -0.1) is 0 Å². The molecule has 0 fully saturated rings. The fourth-order valence-electron chi connectivity index (χ4n) is 0.720. The zero-order valence-corrected chi connectivity index (χ0v) is 8.20. The first kappa shape index (κ1) is 9.68. The second-order valence-corrected chi connectivity index (χ2v) is 1.85. The van der Waals surface area contributed by atoms with E-state index in [1.807, 2.05) is 36.0 Å². The molecule has 0 N–H and O–H groups in total. The van der Waals surface area contributed by atoms with Gasteiger partial charge in [0.2, 0.25) is 0 Å². The van der Waals surface area contributed by atoms with Gasteiger partial charge in [0.25, 0.3) is 0 Å². The first-order valence-electron chi connectivity index (χ1n) is 2.83. The number of pyridine rings is 1.